The molecule has 1 saturated carbocycles. The molecule has 200 valence electrons. The average Bonchev–Trinajstić information content (AvgIpc) is 3.37. The summed E-state index contributed by atoms with van der Waals surface area (Å²) in [4.78, 5) is 12.2. The molecule has 0 N–H and O–H groups in total. The Hall–Kier alpha value is -2.98. The van der Waals surface area contributed by atoms with Crippen molar-refractivity contribution in [3.05, 3.63) is 36.0 Å². The fraction of sp³-hybridized carbons (Fsp3) is 0.593. The van der Waals surface area contributed by atoms with Gasteiger partial charge in [-0.25, -0.2) is 9.37 Å². The molecule has 0 spiro atoms. The standard InChI is InChI=1S/C27H36FN5O4/c1-3-4-5-23-25(36-18-34-2)14-22-24(30-23)15-26(32-10-12-35-13-11-32)31-27(22)37-21-8-6-20(7-9-21)33-17-19(28)16-29-33/h14-17,20-21H,3-13,18H2,1-2H3. The molecule has 2 aliphatic rings. The van der Waals surface area contributed by atoms with Crippen molar-refractivity contribution in [1.82, 2.24) is 19.7 Å². The van der Waals surface area contributed by atoms with Crippen LogP contribution in [0.1, 0.15) is 57.2 Å². The fourth-order valence-electron chi connectivity index (χ4n) is 5.06. The van der Waals surface area contributed by atoms with E-state index in [9.17, 15) is 4.39 Å². The Kier molecular flexibility index (Phi) is 8.35. The number of methoxy groups -OCH3 is 1. The lowest BCUT2D eigenvalue weighted by atomic mass is 9.93. The topological polar surface area (TPSA) is 83.8 Å². The van der Waals surface area contributed by atoms with Crippen molar-refractivity contribution in [3.8, 4) is 11.6 Å². The number of ether oxygens (including phenoxy) is 4. The van der Waals surface area contributed by atoms with Gasteiger partial charge in [0, 0.05) is 26.3 Å². The van der Waals surface area contributed by atoms with Crippen molar-refractivity contribution < 1.29 is 23.3 Å². The van der Waals surface area contributed by atoms with E-state index < -0.39 is 0 Å². The van der Waals surface area contributed by atoms with Gasteiger partial charge in [0.25, 0.3) is 0 Å². The van der Waals surface area contributed by atoms with Crippen LogP contribution in [-0.4, -0.2) is 66.1 Å². The number of aromatic nitrogens is 4. The number of pyridine rings is 2. The molecule has 1 aliphatic carbocycles. The van der Waals surface area contributed by atoms with Gasteiger partial charge in [0.2, 0.25) is 5.88 Å². The number of morpholine rings is 1. The zero-order valence-electron chi connectivity index (χ0n) is 21.7. The maximum atomic E-state index is 13.4. The van der Waals surface area contributed by atoms with Crippen LogP contribution in [0.3, 0.4) is 0 Å². The highest BCUT2D eigenvalue weighted by Gasteiger charge is 2.26. The molecule has 4 heterocycles. The zero-order valence-corrected chi connectivity index (χ0v) is 21.7. The van der Waals surface area contributed by atoms with Gasteiger partial charge >= 0.3 is 0 Å². The summed E-state index contributed by atoms with van der Waals surface area (Å²) in [6.07, 6.45) is 9.08. The lowest BCUT2D eigenvalue weighted by Crippen LogP contribution is -2.36. The van der Waals surface area contributed by atoms with Crippen LogP contribution in [0.15, 0.2) is 24.5 Å². The number of halogens is 1. The Morgan fingerprint density at radius 3 is 2.62 bits per heavy atom. The van der Waals surface area contributed by atoms with Gasteiger partial charge < -0.3 is 23.8 Å². The molecule has 10 heteroatoms. The smallest absolute Gasteiger partial charge is 0.225 e. The second kappa shape index (κ2) is 12.0. The predicted molar refractivity (Wildman–Crippen MR) is 138 cm³/mol. The first-order valence-electron chi connectivity index (χ1n) is 13.3. The number of unbranched alkanes of at least 4 members (excludes halogenated alkanes) is 1. The summed E-state index contributed by atoms with van der Waals surface area (Å²) in [6.45, 7) is 5.23. The normalized spacial score (nSPS) is 20.4. The van der Waals surface area contributed by atoms with Crippen molar-refractivity contribution in [2.75, 3.05) is 45.1 Å². The first kappa shape index (κ1) is 25.7. The molecule has 37 heavy (non-hydrogen) atoms. The minimum atomic E-state index is -0.300. The molecule has 0 aromatic carbocycles. The maximum absolute atomic E-state index is 13.4. The van der Waals surface area contributed by atoms with E-state index in [-0.39, 0.29) is 24.8 Å². The molecule has 1 aliphatic heterocycles. The van der Waals surface area contributed by atoms with Crippen LogP contribution >= 0.6 is 0 Å². The third-order valence-electron chi connectivity index (χ3n) is 7.10. The number of nitrogens with zero attached hydrogens (tertiary/aromatic N) is 5. The quantitative estimate of drug-likeness (QED) is 0.361. The third kappa shape index (κ3) is 6.13. The zero-order chi connectivity index (χ0) is 25.6. The van der Waals surface area contributed by atoms with E-state index in [1.54, 1.807) is 11.8 Å². The lowest BCUT2D eigenvalue weighted by molar-refractivity contribution is 0.0502. The van der Waals surface area contributed by atoms with Gasteiger partial charge in [0.05, 0.1) is 48.2 Å². The Balaban J connectivity index is 1.44. The van der Waals surface area contributed by atoms with Crippen LogP contribution in [-0.2, 0) is 15.9 Å². The summed E-state index contributed by atoms with van der Waals surface area (Å²) in [5.74, 6) is 1.83. The van der Waals surface area contributed by atoms with E-state index in [0.717, 1.165) is 80.4 Å². The summed E-state index contributed by atoms with van der Waals surface area (Å²) in [5.41, 5.74) is 1.77. The number of anilines is 1. The number of rotatable bonds is 10. The van der Waals surface area contributed by atoms with E-state index in [0.29, 0.717) is 24.8 Å². The molecular formula is C27H36FN5O4. The van der Waals surface area contributed by atoms with E-state index in [1.807, 2.05) is 12.1 Å². The summed E-state index contributed by atoms with van der Waals surface area (Å²) < 4.78 is 38.4. The van der Waals surface area contributed by atoms with Gasteiger partial charge in [0.1, 0.15) is 17.7 Å². The highest BCUT2D eigenvalue weighted by Crippen LogP contribution is 2.36. The van der Waals surface area contributed by atoms with Gasteiger partial charge in [0.15, 0.2) is 12.6 Å². The number of fused-ring (bicyclic) bond motifs is 1. The first-order chi connectivity index (χ1) is 18.1. The van der Waals surface area contributed by atoms with E-state index in [4.69, 9.17) is 28.9 Å². The summed E-state index contributed by atoms with van der Waals surface area (Å²) in [6, 6.07) is 4.23. The fourth-order valence-corrected chi connectivity index (χ4v) is 5.06. The van der Waals surface area contributed by atoms with Crippen molar-refractivity contribution in [1.29, 1.82) is 0 Å². The van der Waals surface area contributed by atoms with Crippen LogP contribution in [0.25, 0.3) is 10.9 Å². The molecule has 0 amide bonds. The maximum Gasteiger partial charge on any atom is 0.225 e. The highest BCUT2D eigenvalue weighted by molar-refractivity contribution is 5.87. The Morgan fingerprint density at radius 2 is 1.92 bits per heavy atom. The largest absolute Gasteiger partial charge is 0.474 e. The molecule has 0 unspecified atom stereocenters. The Bertz CT molecular complexity index is 1180. The molecular weight excluding hydrogens is 477 g/mol. The second-order valence-corrected chi connectivity index (χ2v) is 9.73. The molecule has 2 fully saturated rings. The van der Waals surface area contributed by atoms with Crippen molar-refractivity contribution in [3.63, 3.8) is 0 Å². The highest BCUT2D eigenvalue weighted by atomic mass is 19.1. The average molecular weight is 514 g/mol. The predicted octanol–water partition coefficient (Wildman–Crippen LogP) is 4.69. The minimum absolute atomic E-state index is 0.00964. The van der Waals surface area contributed by atoms with Gasteiger partial charge in [-0.2, -0.15) is 10.1 Å². The van der Waals surface area contributed by atoms with E-state index in [2.05, 4.69) is 16.9 Å². The molecule has 0 atom stereocenters. The monoisotopic (exact) mass is 513 g/mol. The number of hydrogen-bond acceptors (Lipinski definition) is 8. The van der Waals surface area contributed by atoms with Crippen molar-refractivity contribution in [2.45, 2.75) is 64.0 Å². The molecule has 5 rings (SSSR count). The second-order valence-electron chi connectivity index (χ2n) is 9.73. The van der Waals surface area contributed by atoms with E-state index in [1.165, 1.54) is 12.4 Å². The first-order valence-corrected chi connectivity index (χ1v) is 13.3. The number of aryl methyl sites for hydroxylation is 1. The summed E-state index contributed by atoms with van der Waals surface area (Å²) in [5, 5.41) is 4.99. The molecule has 3 aromatic heterocycles. The summed E-state index contributed by atoms with van der Waals surface area (Å²) in [7, 11) is 1.61. The van der Waals surface area contributed by atoms with Gasteiger partial charge in [-0.15, -0.1) is 0 Å². The number of hydrogen-bond donors (Lipinski definition) is 0. The van der Waals surface area contributed by atoms with Gasteiger partial charge in [-0.3, -0.25) is 4.68 Å². The third-order valence-corrected chi connectivity index (χ3v) is 7.10. The Labute approximate surface area is 216 Å². The van der Waals surface area contributed by atoms with Crippen LogP contribution in [0, 0.1) is 5.82 Å². The molecule has 1 saturated heterocycles. The lowest BCUT2D eigenvalue weighted by Gasteiger charge is -2.31. The van der Waals surface area contributed by atoms with Crippen LogP contribution < -0.4 is 14.4 Å². The summed E-state index contributed by atoms with van der Waals surface area (Å²) >= 11 is 0. The van der Waals surface area contributed by atoms with Gasteiger partial charge in [-0.1, -0.05) is 13.3 Å². The van der Waals surface area contributed by atoms with Gasteiger partial charge in [-0.05, 0) is 44.6 Å². The molecule has 9 nitrogen and oxygen atoms in total. The SMILES string of the molecule is CCCCc1nc2cc(N3CCOCC3)nc(OC3CCC(n4cc(F)cn4)CC3)c2cc1OCOC. The molecule has 0 radical (unpaired) electrons. The van der Waals surface area contributed by atoms with Crippen molar-refractivity contribution in [2.24, 2.45) is 0 Å². The van der Waals surface area contributed by atoms with Crippen LogP contribution in [0.2, 0.25) is 0 Å². The molecule has 3 aromatic rings. The molecule has 0 bridgehead atoms. The van der Waals surface area contributed by atoms with Crippen LogP contribution in [0.5, 0.6) is 11.6 Å². The minimum Gasteiger partial charge on any atom is -0.474 e. The van der Waals surface area contributed by atoms with Crippen LogP contribution in [0.4, 0.5) is 10.2 Å². The Morgan fingerprint density at radius 1 is 1.11 bits per heavy atom. The van der Waals surface area contributed by atoms with E-state index >= 15 is 0 Å². The van der Waals surface area contributed by atoms with Crippen molar-refractivity contribution >= 4 is 16.7 Å².